The van der Waals surface area contributed by atoms with Crippen LogP contribution < -0.4 is 10.9 Å². The molecule has 2 heterocycles. The molecule has 3 aromatic carbocycles. The van der Waals surface area contributed by atoms with Crippen molar-refractivity contribution in [2.45, 2.75) is 19.4 Å². The van der Waals surface area contributed by atoms with Gasteiger partial charge < -0.3 is 5.32 Å². The minimum atomic E-state index is -0.201. The standard InChI is InChI=1S/C27H26N4O2/c32-26(21-14-16-31(17-15-21)18-19-6-2-1-3-7-19)28-22-12-10-20(11-13-22)25-23-8-4-5-9-24(23)27(33)30-29-25/h1-13,21H,14-18H2,(H,28,32)(H,30,33). The number of carbonyl (C=O) groups excluding carboxylic acids is 1. The number of likely N-dealkylation sites (tertiary alicyclic amines) is 1. The van der Waals surface area contributed by atoms with E-state index in [-0.39, 0.29) is 17.4 Å². The lowest BCUT2D eigenvalue weighted by Crippen LogP contribution is -2.37. The Labute approximate surface area is 192 Å². The summed E-state index contributed by atoms with van der Waals surface area (Å²) in [7, 11) is 0. The number of fused-ring (bicyclic) bond motifs is 1. The second kappa shape index (κ2) is 9.38. The van der Waals surface area contributed by atoms with E-state index in [2.05, 4.69) is 44.7 Å². The Morgan fingerprint density at radius 1 is 0.909 bits per heavy atom. The molecular formula is C27H26N4O2. The van der Waals surface area contributed by atoms with Gasteiger partial charge in [0.15, 0.2) is 0 Å². The van der Waals surface area contributed by atoms with Crippen LogP contribution in [0.25, 0.3) is 22.0 Å². The number of H-pyrrole nitrogens is 1. The fourth-order valence-corrected chi connectivity index (χ4v) is 4.49. The van der Waals surface area contributed by atoms with Gasteiger partial charge in [-0.25, -0.2) is 5.10 Å². The van der Waals surface area contributed by atoms with Gasteiger partial charge in [0.25, 0.3) is 5.56 Å². The summed E-state index contributed by atoms with van der Waals surface area (Å²) in [4.78, 5) is 27.3. The molecule has 166 valence electrons. The highest BCUT2D eigenvalue weighted by Gasteiger charge is 2.25. The first-order valence-corrected chi connectivity index (χ1v) is 11.3. The van der Waals surface area contributed by atoms with Gasteiger partial charge in [0, 0.05) is 29.1 Å². The number of nitrogens with zero attached hydrogens (tertiary/aromatic N) is 2. The van der Waals surface area contributed by atoms with Crippen molar-refractivity contribution in [3.63, 3.8) is 0 Å². The lowest BCUT2D eigenvalue weighted by Gasteiger charge is -2.31. The molecule has 0 aliphatic carbocycles. The van der Waals surface area contributed by atoms with Crippen LogP contribution in [0.3, 0.4) is 0 Å². The fraction of sp³-hybridized carbons (Fsp3) is 0.222. The van der Waals surface area contributed by atoms with E-state index in [4.69, 9.17) is 0 Å². The second-order valence-electron chi connectivity index (χ2n) is 8.55. The van der Waals surface area contributed by atoms with Crippen molar-refractivity contribution in [2.24, 2.45) is 5.92 Å². The van der Waals surface area contributed by atoms with Crippen LogP contribution in [-0.2, 0) is 11.3 Å². The molecule has 1 amide bonds. The van der Waals surface area contributed by atoms with Gasteiger partial charge in [-0.15, -0.1) is 0 Å². The summed E-state index contributed by atoms with van der Waals surface area (Å²) >= 11 is 0. The predicted molar refractivity (Wildman–Crippen MR) is 131 cm³/mol. The number of piperidine rings is 1. The van der Waals surface area contributed by atoms with E-state index < -0.39 is 0 Å². The largest absolute Gasteiger partial charge is 0.326 e. The van der Waals surface area contributed by atoms with E-state index in [9.17, 15) is 9.59 Å². The van der Waals surface area contributed by atoms with Crippen molar-refractivity contribution in [1.82, 2.24) is 15.1 Å². The molecule has 1 saturated heterocycles. The molecule has 0 spiro atoms. The number of anilines is 1. The molecule has 1 aliphatic heterocycles. The number of carbonyl (C=O) groups is 1. The van der Waals surface area contributed by atoms with Gasteiger partial charge in [-0.1, -0.05) is 60.7 Å². The van der Waals surface area contributed by atoms with Gasteiger partial charge in [0.05, 0.1) is 11.1 Å². The van der Waals surface area contributed by atoms with E-state index in [1.807, 2.05) is 48.5 Å². The average Bonchev–Trinajstić information content (AvgIpc) is 2.86. The van der Waals surface area contributed by atoms with Crippen LogP contribution in [-0.4, -0.2) is 34.1 Å². The monoisotopic (exact) mass is 438 g/mol. The van der Waals surface area contributed by atoms with Gasteiger partial charge in [-0.2, -0.15) is 5.10 Å². The summed E-state index contributed by atoms with van der Waals surface area (Å²) in [5.74, 6) is 0.108. The number of aromatic nitrogens is 2. The highest BCUT2D eigenvalue weighted by Crippen LogP contribution is 2.26. The van der Waals surface area contributed by atoms with Gasteiger partial charge >= 0.3 is 0 Å². The summed E-state index contributed by atoms with van der Waals surface area (Å²) in [5.41, 5.74) is 3.48. The summed E-state index contributed by atoms with van der Waals surface area (Å²) in [6.07, 6.45) is 1.73. The van der Waals surface area contributed by atoms with Crippen molar-refractivity contribution in [1.29, 1.82) is 0 Å². The maximum Gasteiger partial charge on any atom is 0.272 e. The molecule has 1 aromatic heterocycles. The minimum Gasteiger partial charge on any atom is -0.326 e. The fourth-order valence-electron chi connectivity index (χ4n) is 4.49. The third-order valence-corrected chi connectivity index (χ3v) is 6.33. The molecule has 0 radical (unpaired) electrons. The molecule has 0 unspecified atom stereocenters. The third kappa shape index (κ3) is 4.71. The quantitative estimate of drug-likeness (QED) is 0.483. The third-order valence-electron chi connectivity index (χ3n) is 6.33. The van der Waals surface area contributed by atoms with E-state index in [0.717, 1.165) is 49.1 Å². The Balaban J connectivity index is 1.21. The van der Waals surface area contributed by atoms with Crippen LogP contribution in [0.15, 0.2) is 83.7 Å². The average molecular weight is 439 g/mol. The lowest BCUT2D eigenvalue weighted by atomic mass is 9.95. The molecule has 2 N–H and O–H groups in total. The Hall–Kier alpha value is -3.77. The zero-order valence-electron chi connectivity index (χ0n) is 18.3. The van der Waals surface area contributed by atoms with E-state index in [1.165, 1.54) is 5.56 Å². The van der Waals surface area contributed by atoms with Crippen LogP contribution in [0.4, 0.5) is 5.69 Å². The summed E-state index contributed by atoms with van der Waals surface area (Å²) in [6, 6.07) is 25.5. The topological polar surface area (TPSA) is 78.1 Å². The highest BCUT2D eigenvalue weighted by atomic mass is 16.2. The smallest absolute Gasteiger partial charge is 0.272 e. The molecule has 4 aromatic rings. The molecule has 0 saturated carbocycles. The van der Waals surface area contributed by atoms with Gasteiger partial charge in [-0.05, 0) is 49.7 Å². The molecule has 5 rings (SSSR count). The highest BCUT2D eigenvalue weighted by molar-refractivity contribution is 5.95. The Morgan fingerprint density at radius 2 is 1.58 bits per heavy atom. The molecule has 0 atom stereocenters. The van der Waals surface area contributed by atoms with Crippen molar-refractivity contribution >= 4 is 22.4 Å². The van der Waals surface area contributed by atoms with Crippen molar-refractivity contribution in [2.75, 3.05) is 18.4 Å². The van der Waals surface area contributed by atoms with Gasteiger partial charge in [0.1, 0.15) is 0 Å². The van der Waals surface area contributed by atoms with Crippen LogP contribution in [0.2, 0.25) is 0 Å². The zero-order valence-corrected chi connectivity index (χ0v) is 18.3. The molecule has 6 nitrogen and oxygen atoms in total. The van der Waals surface area contributed by atoms with Gasteiger partial charge in [0.2, 0.25) is 5.91 Å². The van der Waals surface area contributed by atoms with E-state index >= 15 is 0 Å². The molecule has 1 fully saturated rings. The number of aromatic amines is 1. The Kier molecular flexibility index (Phi) is 6.00. The van der Waals surface area contributed by atoms with Gasteiger partial charge in [-0.3, -0.25) is 14.5 Å². The number of amides is 1. The normalized spacial score (nSPS) is 14.9. The summed E-state index contributed by atoms with van der Waals surface area (Å²) in [5, 5.41) is 11.3. The number of nitrogens with one attached hydrogen (secondary N) is 2. The van der Waals surface area contributed by atoms with Crippen molar-refractivity contribution in [3.05, 3.63) is 94.8 Å². The number of rotatable bonds is 5. The van der Waals surface area contributed by atoms with Crippen LogP contribution in [0.5, 0.6) is 0 Å². The predicted octanol–water partition coefficient (Wildman–Crippen LogP) is 4.44. The summed E-state index contributed by atoms with van der Waals surface area (Å²) < 4.78 is 0. The first kappa shape index (κ1) is 21.1. The summed E-state index contributed by atoms with van der Waals surface area (Å²) in [6.45, 7) is 2.79. The molecule has 1 aliphatic rings. The van der Waals surface area contributed by atoms with Crippen molar-refractivity contribution in [3.8, 4) is 11.3 Å². The van der Waals surface area contributed by atoms with Crippen LogP contribution in [0, 0.1) is 5.92 Å². The lowest BCUT2D eigenvalue weighted by molar-refractivity contribution is -0.121. The first-order valence-electron chi connectivity index (χ1n) is 11.3. The van der Waals surface area contributed by atoms with Crippen LogP contribution >= 0.6 is 0 Å². The van der Waals surface area contributed by atoms with Crippen molar-refractivity contribution < 1.29 is 4.79 Å². The number of hydrogen-bond acceptors (Lipinski definition) is 4. The molecule has 0 bridgehead atoms. The number of benzene rings is 3. The molecule has 33 heavy (non-hydrogen) atoms. The first-order chi connectivity index (χ1) is 16.2. The maximum absolute atomic E-state index is 12.8. The molecule has 6 heteroatoms. The maximum atomic E-state index is 12.8. The van der Waals surface area contributed by atoms with E-state index in [1.54, 1.807) is 6.07 Å². The second-order valence-corrected chi connectivity index (χ2v) is 8.55. The zero-order chi connectivity index (χ0) is 22.6. The minimum absolute atomic E-state index is 0.0292. The number of hydrogen-bond donors (Lipinski definition) is 2. The van der Waals surface area contributed by atoms with Crippen LogP contribution in [0.1, 0.15) is 18.4 Å². The SMILES string of the molecule is O=C(Nc1ccc(-c2n[nH]c(=O)c3ccccc23)cc1)C1CCN(Cc2ccccc2)CC1. The van der Waals surface area contributed by atoms with E-state index in [0.29, 0.717) is 11.1 Å². The Bertz CT molecular complexity index is 1310. The Morgan fingerprint density at radius 3 is 2.30 bits per heavy atom. The molecular weight excluding hydrogens is 412 g/mol.